The number of amides is 1. The van der Waals surface area contributed by atoms with Crippen molar-refractivity contribution in [2.45, 2.75) is 18.9 Å². The molecule has 0 aliphatic carbocycles. The molecule has 2 aromatic heterocycles. The van der Waals surface area contributed by atoms with E-state index in [-0.39, 0.29) is 17.4 Å². The summed E-state index contributed by atoms with van der Waals surface area (Å²) in [6.07, 6.45) is 0. The monoisotopic (exact) mass is 490 g/mol. The number of Topliss-reactive ketones (excluding diaryl/α,β-unsaturated/α-hetero) is 1. The number of nitrogens with one attached hydrogen (secondary N) is 1. The summed E-state index contributed by atoms with van der Waals surface area (Å²) in [7, 11) is 1.65. The zero-order valence-electron chi connectivity index (χ0n) is 18.9. The maximum atomic E-state index is 12.3. The van der Waals surface area contributed by atoms with E-state index in [2.05, 4.69) is 15.5 Å². The summed E-state index contributed by atoms with van der Waals surface area (Å²) >= 11 is 2.84. The summed E-state index contributed by atoms with van der Waals surface area (Å²) in [6.45, 7) is 3.45. The number of para-hydroxylation sites is 1. The molecule has 2 aromatic carbocycles. The van der Waals surface area contributed by atoms with Gasteiger partial charge in [-0.05, 0) is 62.4 Å². The van der Waals surface area contributed by atoms with Gasteiger partial charge in [-0.1, -0.05) is 23.9 Å². The van der Waals surface area contributed by atoms with Gasteiger partial charge in [-0.3, -0.25) is 9.59 Å². The highest BCUT2D eigenvalue weighted by Crippen LogP contribution is 2.38. The SMILES string of the molecule is COc1ccccc1-c1nc(C)c(-c2ccc(SCC(=O)Nc3ccc(C(C)=O)cc3)nn2)s1. The minimum absolute atomic E-state index is 0.0139. The van der Waals surface area contributed by atoms with Gasteiger partial charge in [0.25, 0.3) is 0 Å². The molecule has 2 heterocycles. The van der Waals surface area contributed by atoms with Gasteiger partial charge in [-0.15, -0.1) is 21.5 Å². The second-order valence-electron chi connectivity index (χ2n) is 7.36. The van der Waals surface area contributed by atoms with Crippen LogP contribution in [0.5, 0.6) is 5.75 Å². The molecule has 0 unspecified atom stereocenters. The number of hydrogen-bond donors (Lipinski definition) is 1. The van der Waals surface area contributed by atoms with Crippen molar-refractivity contribution < 1.29 is 14.3 Å². The van der Waals surface area contributed by atoms with Crippen LogP contribution in [0.25, 0.3) is 21.1 Å². The molecule has 34 heavy (non-hydrogen) atoms. The minimum atomic E-state index is -0.161. The zero-order valence-corrected chi connectivity index (χ0v) is 20.5. The predicted molar refractivity (Wildman–Crippen MR) is 136 cm³/mol. The largest absolute Gasteiger partial charge is 0.496 e. The molecule has 0 aliphatic rings. The fourth-order valence-corrected chi connectivity index (χ4v) is 4.89. The Morgan fingerprint density at radius 3 is 2.47 bits per heavy atom. The molecule has 0 bridgehead atoms. The highest BCUT2D eigenvalue weighted by atomic mass is 32.2. The summed E-state index contributed by atoms with van der Waals surface area (Å²) < 4.78 is 5.46. The summed E-state index contributed by atoms with van der Waals surface area (Å²) in [4.78, 5) is 29.3. The van der Waals surface area contributed by atoms with Crippen molar-refractivity contribution in [2.24, 2.45) is 0 Å². The summed E-state index contributed by atoms with van der Waals surface area (Å²) in [6, 6.07) is 18.3. The Bertz CT molecular complexity index is 1320. The smallest absolute Gasteiger partial charge is 0.234 e. The number of rotatable bonds is 8. The average molecular weight is 491 g/mol. The molecular weight excluding hydrogens is 468 g/mol. The van der Waals surface area contributed by atoms with Crippen molar-refractivity contribution in [2.75, 3.05) is 18.2 Å². The lowest BCUT2D eigenvalue weighted by atomic mass is 10.1. The number of benzene rings is 2. The molecule has 0 saturated heterocycles. The molecule has 0 radical (unpaired) electrons. The molecule has 1 N–H and O–H groups in total. The molecule has 0 atom stereocenters. The van der Waals surface area contributed by atoms with Crippen molar-refractivity contribution in [1.82, 2.24) is 15.2 Å². The number of ether oxygens (including phenoxy) is 1. The van der Waals surface area contributed by atoms with Gasteiger partial charge in [0, 0.05) is 11.3 Å². The van der Waals surface area contributed by atoms with Crippen LogP contribution in [0, 0.1) is 6.92 Å². The first-order valence-corrected chi connectivity index (χ1v) is 12.2. The minimum Gasteiger partial charge on any atom is -0.496 e. The van der Waals surface area contributed by atoms with E-state index in [4.69, 9.17) is 9.72 Å². The summed E-state index contributed by atoms with van der Waals surface area (Å²) in [5, 5.41) is 12.9. The number of ketones is 1. The highest BCUT2D eigenvalue weighted by molar-refractivity contribution is 7.99. The number of thioether (sulfide) groups is 1. The number of thiazole rings is 1. The second-order valence-corrected chi connectivity index (χ2v) is 9.36. The number of nitrogens with zero attached hydrogens (tertiary/aromatic N) is 3. The van der Waals surface area contributed by atoms with Gasteiger partial charge in [0.1, 0.15) is 21.5 Å². The number of aryl methyl sites for hydroxylation is 1. The Balaban J connectivity index is 1.39. The first-order chi connectivity index (χ1) is 16.4. The normalized spacial score (nSPS) is 10.7. The fourth-order valence-electron chi connectivity index (χ4n) is 3.21. The molecule has 0 fully saturated rings. The maximum absolute atomic E-state index is 12.3. The number of aromatic nitrogens is 3. The van der Waals surface area contributed by atoms with Crippen LogP contribution in [0.2, 0.25) is 0 Å². The molecule has 172 valence electrons. The van der Waals surface area contributed by atoms with Crippen molar-refractivity contribution in [1.29, 1.82) is 0 Å². The Labute approximate surface area is 205 Å². The lowest BCUT2D eigenvalue weighted by molar-refractivity contribution is -0.113. The first kappa shape index (κ1) is 23.6. The number of carbonyl (C=O) groups is 2. The van der Waals surface area contributed by atoms with Crippen LogP contribution in [0.15, 0.2) is 65.7 Å². The second kappa shape index (κ2) is 10.6. The van der Waals surface area contributed by atoms with E-state index >= 15 is 0 Å². The zero-order chi connectivity index (χ0) is 24.1. The standard InChI is InChI=1S/C25H22N4O3S2/c1-15-24(34-25(26-15)19-6-4-5-7-21(19)32-3)20-12-13-23(29-28-20)33-14-22(31)27-18-10-8-17(9-11-18)16(2)30/h4-13H,14H2,1-3H3,(H,27,31). The van der Waals surface area contributed by atoms with Crippen LogP contribution in [0.4, 0.5) is 5.69 Å². The van der Waals surface area contributed by atoms with Crippen LogP contribution >= 0.6 is 23.1 Å². The molecular formula is C25H22N4O3S2. The highest BCUT2D eigenvalue weighted by Gasteiger charge is 2.16. The van der Waals surface area contributed by atoms with E-state index in [1.807, 2.05) is 43.3 Å². The first-order valence-electron chi connectivity index (χ1n) is 10.4. The Kier molecular flexibility index (Phi) is 7.34. The number of anilines is 1. The predicted octanol–water partition coefficient (Wildman–Crippen LogP) is 5.52. The van der Waals surface area contributed by atoms with E-state index in [0.717, 1.165) is 32.6 Å². The lowest BCUT2D eigenvalue weighted by Crippen LogP contribution is -2.14. The molecule has 1 amide bonds. The van der Waals surface area contributed by atoms with Crippen LogP contribution < -0.4 is 10.1 Å². The van der Waals surface area contributed by atoms with Gasteiger partial charge in [0.2, 0.25) is 5.91 Å². The van der Waals surface area contributed by atoms with Crippen molar-refractivity contribution in [3.05, 3.63) is 71.9 Å². The molecule has 0 spiro atoms. The average Bonchev–Trinajstić information content (AvgIpc) is 3.24. The molecule has 9 heteroatoms. The van der Waals surface area contributed by atoms with Gasteiger partial charge < -0.3 is 10.1 Å². The number of hydrogen-bond acceptors (Lipinski definition) is 8. The quantitative estimate of drug-likeness (QED) is 0.257. The van der Waals surface area contributed by atoms with Crippen LogP contribution in [0.1, 0.15) is 23.0 Å². The van der Waals surface area contributed by atoms with Crippen LogP contribution in [0.3, 0.4) is 0 Å². The fraction of sp³-hybridized carbons (Fsp3) is 0.160. The molecule has 0 aliphatic heterocycles. The molecule has 4 aromatic rings. The third-order valence-corrected chi connectivity index (χ3v) is 7.07. The van der Waals surface area contributed by atoms with Crippen molar-refractivity contribution >= 4 is 40.5 Å². The Morgan fingerprint density at radius 2 is 1.79 bits per heavy atom. The molecule has 0 saturated carbocycles. The number of carbonyl (C=O) groups excluding carboxylic acids is 2. The van der Waals surface area contributed by atoms with Gasteiger partial charge in [0.15, 0.2) is 5.78 Å². The van der Waals surface area contributed by atoms with Gasteiger partial charge >= 0.3 is 0 Å². The summed E-state index contributed by atoms with van der Waals surface area (Å²) in [5.41, 5.74) is 3.79. The third-order valence-electron chi connectivity index (χ3n) is 4.93. The van der Waals surface area contributed by atoms with Crippen molar-refractivity contribution in [3.8, 4) is 26.9 Å². The van der Waals surface area contributed by atoms with E-state index in [1.54, 1.807) is 31.4 Å². The van der Waals surface area contributed by atoms with Crippen molar-refractivity contribution in [3.63, 3.8) is 0 Å². The maximum Gasteiger partial charge on any atom is 0.234 e. The van der Waals surface area contributed by atoms with E-state index < -0.39 is 0 Å². The van der Waals surface area contributed by atoms with Gasteiger partial charge in [-0.2, -0.15) is 0 Å². The lowest BCUT2D eigenvalue weighted by Gasteiger charge is -2.06. The topological polar surface area (TPSA) is 94.1 Å². The molecule has 7 nitrogen and oxygen atoms in total. The Hall–Kier alpha value is -3.56. The van der Waals surface area contributed by atoms with E-state index in [9.17, 15) is 9.59 Å². The Morgan fingerprint density at radius 1 is 1.03 bits per heavy atom. The third kappa shape index (κ3) is 5.49. The van der Waals surface area contributed by atoms with E-state index in [1.165, 1.54) is 30.0 Å². The van der Waals surface area contributed by atoms with Gasteiger partial charge in [0.05, 0.1) is 29.0 Å². The number of methoxy groups -OCH3 is 1. The van der Waals surface area contributed by atoms with Gasteiger partial charge in [-0.25, -0.2) is 4.98 Å². The van der Waals surface area contributed by atoms with E-state index in [0.29, 0.717) is 16.3 Å². The summed E-state index contributed by atoms with van der Waals surface area (Å²) in [5.74, 6) is 0.792. The van der Waals surface area contributed by atoms with Crippen LogP contribution in [-0.4, -0.2) is 39.7 Å². The molecule has 4 rings (SSSR count). The van der Waals surface area contributed by atoms with Crippen LogP contribution in [-0.2, 0) is 4.79 Å².